The van der Waals surface area contributed by atoms with Crippen LogP contribution in [0.2, 0.25) is 0 Å². The van der Waals surface area contributed by atoms with Crippen LogP contribution in [0, 0.1) is 0 Å². The Balaban J connectivity index is -0.0000000817. The Kier molecular flexibility index (Phi) is 5.89. The van der Waals surface area contributed by atoms with Crippen molar-refractivity contribution in [1.29, 1.82) is 0 Å². The monoisotopic (exact) mass is 218 g/mol. The summed E-state index contributed by atoms with van der Waals surface area (Å²) in [6, 6.07) is 0. The van der Waals surface area contributed by atoms with E-state index in [0.717, 1.165) is 0 Å². The van der Waals surface area contributed by atoms with E-state index in [9.17, 15) is 18.0 Å². The molecule has 0 amide bonds. The number of hydrogen-bond acceptors (Lipinski definition) is 2. The van der Waals surface area contributed by atoms with E-state index in [-0.39, 0.29) is 25.9 Å². The van der Waals surface area contributed by atoms with Crippen LogP contribution in [0.5, 0.6) is 0 Å². The molecule has 0 N–H and O–H groups in total. The topological polar surface area (TPSA) is 26.3 Å². The maximum atomic E-state index is 10.9. The van der Waals surface area contributed by atoms with Crippen molar-refractivity contribution in [2.24, 2.45) is 0 Å². The molecule has 0 aromatic rings. The third-order valence-corrected chi connectivity index (χ3v) is 0.596. The summed E-state index contributed by atoms with van der Waals surface area (Å²) < 4.78 is 36.0. The van der Waals surface area contributed by atoms with Gasteiger partial charge in [-0.05, 0) is 0 Å². The quantitative estimate of drug-likeness (QED) is 0.573. The van der Waals surface area contributed by atoms with Gasteiger partial charge in [0.2, 0.25) is 0 Å². The molecule has 0 unspecified atom stereocenters. The Morgan fingerprint density at radius 2 is 1.89 bits per heavy atom. The maximum Gasteiger partial charge on any atom is 2.00 e. The molecule has 0 aliphatic rings. The predicted molar refractivity (Wildman–Crippen MR) is 29.1 cm³/mol. The Bertz CT molecular complexity index is 110. The molecule has 9 heavy (non-hydrogen) atoms. The minimum Gasteiger partial charge on any atom is -1.00 e. The minimum absolute atomic E-state index is 0. The molecule has 0 atom stereocenters. The summed E-state index contributed by atoms with van der Waals surface area (Å²) in [5.41, 5.74) is 0. The molecule has 0 aromatic heterocycles. The zero-order valence-corrected chi connectivity index (χ0v) is 7.04. The van der Waals surface area contributed by atoms with Gasteiger partial charge in [0.15, 0.2) is 16.3 Å². The maximum absolute atomic E-state index is 10.9. The number of carbonyl (C=O) groups is 1. The van der Waals surface area contributed by atoms with Gasteiger partial charge in [0.05, 0.1) is 0 Å². The molecule has 0 saturated carbocycles. The van der Waals surface area contributed by atoms with Crippen molar-refractivity contribution >= 4 is 45.3 Å². The fourth-order valence-corrected chi connectivity index (χ4v) is 0.227. The first kappa shape index (κ1) is 12.2. The fourth-order valence-electron chi connectivity index (χ4n) is 0.0437. The van der Waals surface area contributed by atoms with Crippen molar-refractivity contribution < 1.29 is 24.6 Å². The van der Waals surface area contributed by atoms with Gasteiger partial charge in [-0.25, -0.2) is 4.79 Å². The first-order valence-electron chi connectivity index (χ1n) is 1.38. The SMILES string of the molecule is O=C(OBr)C(F)(F)F.[H-].[H-].[Mg+2]. The van der Waals surface area contributed by atoms with Crippen LogP contribution in [0.15, 0.2) is 0 Å². The van der Waals surface area contributed by atoms with Gasteiger partial charge in [-0.3, -0.25) is 0 Å². The van der Waals surface area contributed by atoms with Crippen molar-refractivity contribution in [3.8, 4) is 0 Å². The number of alkyl halides is 3. The summed E-state index contributed by atoms with van der Waals surface area (Å²) in [6.45, 7) is 0. The largest absolute Gasteiger partial charge is 2.00 e. The molecule has 0 aliphatic heterocycles. The molecule has 0 radical (unpaired) electrons. The van der Waals surface area contributed by atoms with E-state index in [0.29, 0.717) is 0 Å². The predicted octanol–water partition coefficient (Wildman–Crippen LogP) is 1.25. The Hall–Kier alpha value is 0.506. The second-order valence-electron chi connectivity index (χ2n) is 0.862. The minimum atomic E-state index is -4.90. The van der Waals surface area contributed by atoms with Gasteiger partial charge in [0.25, 0.3) is 0 Å². The molecular formula is C2H2BrF3MgO2. The van der Waals surface area contributed by atoms with Crippen molar-refractivity contribution in [2.75, 3.05) is 0 Å². The molecule has 7 heteroatoms. The third-order valence-electron chi connectivity index (χ3n) is 0.302. The van der Waals surface area contributed by atoms with Crippen molar-refractivity contribution in [2.45, 2.75) is 6.18 Å². The molecule has 0 spiro atoms. The summed E-state index contributed by atoms with van der Waals surface area (Å²) in [5.74, 6) is -2.25. The van der Waals surface area contributed by atoms with Gasteiger partial charge in [0, 0.05) is 0 Å². The van der Waals surface area contributed by atoms with Gasteiger partial charge in [-0.2, -0.15) is 13.2 Å². The van der Waals surface area contributed by atoms with Crippen molar-refractivity contribution in [3.63, 3.8) is 0 Å². The first-order chi connectivity index (χ1) is 3.48. The van der Waals surface area contributed by atoms with Crippen molar-refractivity contribution in [3.05, 3.63) is 0 Å². The van der Waals surface area contributed by atoms with Crippen molar-refractivity contribution in [1.82, 2.24) is 0 Å². The molecule has 0 fully saturated rings. The van der Waals surface area contributed by atoms with Gasteiger partial charge < -0.3 is 6.68 Å². The molecule has 0 rings (SSSR count). The van der Waals surface area contributed by atoms with Gasteiger partial charge in [0.1, 0.15) is 0 Å². The van der Waals surface area contributed by atoms with E-state index in [1.807, 2.05) is 16.3 Å². The van der Waals surface area contributed by atoms with Gasteiger partial charge in [-0.1, -0.05) is 0 Å². The van der Waals surface area contributed by atoms with E-state index < -0.39 is 12.1 Å². The molecule has 0 aliphatic carbocycles. The third kappa shape index (κ3) is 4.98. The smallest absolute Gasteiger partial charge is 1.00 e. The summed E-state index contributed by atoms with van der Waals surface area (Å²) in [6.07, 6.45) is -4.90. The standard InChI is InChI=1S/C2BrF3O2.Mg.2H/c3-8-1(7)2(4,5)6;;;/q;+2;2*-1. The van der Waals surface area contributed by atoms with Crippen LogP contribution < -0.4 is 0 Å². The van der Waals surface area contributed by atoms with Crippen LogP contribution in [0.3, 0.4) is 0 Å². The van der Waals surface area contributed by atoms with Crippen LogP contribution in [0.1, 0.15) is 2.85 Å². The van der Waals surface area contributed by atoms with Crippen LogP contribution in [0.25, 0.3) is 0 Å². The number of hydrogen-bond donors (Lipinski definition) is 0. The van der Waals surface area contributed by atoms with Gasteiger partial charge >= 0.3 is 35.2 Å². The van der Waals surface area contributed by atoms with Crippen LogP contribution in [0.4, 0.5) is 13.2 Å². The first-order valence-corrected chi connectivity index (χ1v) is 2.03. The average Bonchev–Trinajstić information content (AvgIpc) is 1.62. The van der Waals surface area contributed by atoms with E-state index in [1.54, 1.807) is 0 Å². The van der Waals surface area contributed by atoms with E-state index in [1.165, 1.54) is 0 Å². The average molecular weight is 219 g/mol. The summed E-state index contributed by atoms with van der Waals surface area (Å²) in [4.78, 5) is 9.44. The molecular weight excluding hydrogens is 217 g/mol. The Labute approximate surface area is 76.3 Å². The van der Waals surface area contributed by atoms with Crippen LogP contribution in [-0.4, -0.2) is 35.2 Å². The normalized spacial score (nSPS) is 9.78. The molecule has 0 aromatic carbocycles. The molecule has 0 saturated heterocycles. The van der Waals surface area contributed by atoms with E-state index >= 15 is 0 Å². The molecule has 0 heterocycles. The Morgan fingerprint density at radius 1 is 1.56 bits per heavy atom. The second kappa shape index (κ2) is 4.34. The summed E-state index contributed by atoms with van der Waals surface area (Å²) >= 11 is 1.88. The van der Waals surface area contributed by atoms with Gasteiger partial charge in [-0.15, -0.1) is 0 Å². The number of carbonyl (C=O) groups excluding carboxylic acids is 1. The van der Waals surface area contributed by atoms with Crippen LogP contribution >= 0.6 is 16.3 Å². The molecule has 52 valence electrons. The van der Waals surface area contributed by atoms with E-state index in [4.69, 9.17) is 0 Å². The van der Waals surface area contributed by atoms with E-state index in [2.05, 4.69) is 3.83 Å². The molecule has 2 nitrogen and oxygen atoms in total. The Morgan fingerprint density at radius 3 is 1.89 bits per heavy atom. The zero-order chi connectivity index (χ0) is 6.78. The summed E-state index contributed by atoms with van der Waals surface area (Å²) in [7, 11) is 0. The fraction of sp³-hybridized carbons (Fsp3) is 0.500. The number of halogens is 4. The number of rotatable bonds is 0. The van der Waals surface area contributed by atoms with Crippen LogP contribution in [-0.2, 0) is 8.62 Å². The zero-order valence-electron chi connectivity index (χ0n) is 6.04. The second-order valence-corrected chi connectivity index (χ2v) is 1.19. The molecule has 0 bridgehead atoms. The summed E-state index contributed by atoms with van der Waals surface area (Å²) in [5, 5.41) is 0.